The molecule has 1 unspecified atom stereocenters. The Hall–Kier alpha value is -2.34. The van der Waals surface area contributed by atoms with Crippen molar-refractivity contribution >= 4 is 11.0 Å². The molecule has 2 aromatic heterocycles. The number of benzene rings is 1. The first kappa shape index (κ1) is 12.7. The molecular weight excluding hydrogens is 252 g/mol. The van der Waals surface area contributed by atoms with Gasteiger partial charge in [0.1, 0.15) is 12.2 Å². The van der Waals surface area contributed by atoms with Gasteiger partial charge in [0.25, 0.3) is 0 Å². The normalized spacial score (nSPS) is 12.7. The van der Waals surface area contributed by atoms with E-state index >= 15 is 0 Å². The molecule has 3 rings (SSSR count). The highest BCUT2D eigenvalue weighted by Crippen LogP contribution is 2.17. The van der Waals surface area contributed by atoms with Crippen LogP contribution in [0.15, 0.2) is 36.8 Å². The van der Waals surface area contributed by atoms with E-state index in [0.29, 0.717) is 0 Å². The molecule has 0 fully saturated rings. The molecule has 2 heterocycles. The fraction of sp³-hybridized carbons (Fsp3) is 0.286. The molecule has 0 saturated heterocycles. The number of nitrogens with one attached hydrogen (secondary N) is 1. The van der Waals surface area contributed by atoms with Gasteiger partial charge in [-0.25, -0.2) is 9.97 Å². The van der Waals surface area contributed by atoms with Crippen LogP contribution in [0.5, 0.6) is 0 Å². The molecule has 6 nitrogen and oxygen atoms in total. The number of fused-ring (bicyclic) bond motifs is 1. The van der Waals surface area contributed by atoms with Crippen LogP contribution in [0.1, 0.15) is 17.6 Å². The molecule has 0 saturated carbocycles. The number of hydrogen-bond donors (Lipinski definition) is 1. The van der Waals surface area contributed by atoms with Crippen LogP contribution in [-0.2, 0) is 13.5 Å². The van der Waals surface area contributed by atoms with Gasteiger partial charge in [-0.2, -0.15) is 5.10 Å². The molecular formula is C14H16N6. The summed E-state index contributed by atoms with van der Waals surface area (Å²) < 4.78 is 1.78. The summed E-state index contributed by atoms with van der Waals surface area (Å²) in [5, 5.41) is 7.35. The Kier molecular flexibility index (Phi) is 3.39. The summed E-state index contributed by atoms with van der Waals surface area (Å²) in [6.45, 7) is 0. The van der Waals surface area contributed by atoms with Crippen LogP contribution in [-0.4, -0.2) is 31.8 Å². The Morgan fingerprint density at radius 3 is 2.70 bits per heavy atom. The summed E-state index contributed by atoms with van der Waals surface area (Å²) >= 11 is 0. The highest BCUT2D eigenvalue weighted by Gasteiger charge is 2.15. The third-order valence-corrected chi connectivity index (χ3v) is 3.36. The number of rotatable bonds is 4. The highest BCUT2D eigenvalue weighted by molar-refractivity contribution is 5.73. The van der Waals surface area contributed by atoms with Gasteiger partial charge in [0.05, 0.1) is 29.0 Å². The maximum atomic E-state index is 4.67. The molecule has 0 amide bonds. The van der Waals surface area contributed by atoms with Crippen molar-refractivity contribution in [2.45, 2.75) is 12.5 Å². The molecule has 1 aromatic carbocycles. The van der Waals surface area contributed by atoms with Gasteiger partial charge in [0, 0.05) is 13.5 Å². The van der Waals surface area contributed by atoms with E-state index < -0.39 is 0 Å². The lowest BCUT2D eigenvalue weighted by Gasteiger charge is -2.15. The Morgan fingerprint density at radius 1 is 1.20 bits per heavy atom. The van der Waals surface area contributed by atoms with Crippen molar-refractivity contribution in [1.82, 2.24) is 30.0 Å². The predicted molar refractivity (Wildman–Crippen MR) is 76.0 cm³/mol. The van der Waals surface area contributed by atoms with Gasteiger partial charge in [-0.3, -0.25) is 9.67 Å². The summed E-state index contributed by atoms with van der Waals surface area (Å²) in [4.78, 5) is 13.4. The quantitative estimate of drug-likeness (QED) is 0.771. The van der Waals surface area contributed by atoms with Gasteiger partial charge in [0.15, 0.2) is 0 Å². The predicted octanol–water partition coefficient (Wildman–Crippen LogP) is 1.26. The fourth-order valence-corrected chi connectivity index (χ4v) is 2.18. The van der Waals surface area contributed by atoms with Crippen LogP contribution in [0.2, 0.25) is 0 Å². The van der Waals surface area contributed by atoms with Crippen LogP contribution >= 0.6 is 0 Å². The summed E-state index contributed by atoms with van der Waals surface area (Å²) in [6, 6.07) is 7.93. The number of nitrogens with zero attached hydrogens (tertiary/aromatic N) is 5. The standard InChI is InChI=1S/C14H16N6/c1-15-12(7-14-17-9-18-20(14)2)13-8-16-10-5-3-4-6-11(10)19-13/h3-6,8-9,12,15H,7H2,1-2H3. The molecule has 0 bridgehead atoms. The van der Waals surface area contributed by atoms with Crippen molar-refractivity contribution in [3.63, 3.8) is 0 Å². The van der Waals surface area contributed by atoms with Gasteiger partial charge in [-0.1, -0.05) is 12.1 Å². The van der Waals surface area contributed by atoms with Crippen molar-refractivity contribution in [2.24, 2.45) is 7.05 Å². The molecule has 6 heteroatoms. The van der Waals surface area contributed by atoms with Gasteiger partial charge in [0.2, 0.25) is 0 Å². The second kappa shape index (κ2) is 5.34. The van der Waals surface area contributed by atoms with E-state index in [-0.39, 0.29) is 6.04 Å². The average molecular weight is 268 g/mol. The number of para-hydroxylation sites is 2. The van der Waals surface area contributed by atoms with Crippen LogP contribution in [0.25, 0.3) is 11.0 Å². The Bertz CT molecular complexity index is 720. The molecule has 1 N–H and O–H groups in total. The zero-order valence-electron chi connectivity index (χ0n) is 11.5. The second-order valence-electron chi connectivity index (χ2n) is 4.63. The summed E-state index contributed by atoms with van der Waals surface area (Å²) in [6.07, 6.45) is 4.11. The largest absolute Gasteiger partial charge is 0.311 e. The molecule has 102 valence electrons. The van der Waals surface area contributed by atoms with E-state index in [2.05, 4.69) is 25.4 Å². The molecule has 1 atom stereocenters. The monoisotopic (exact) mass is 268 g/mol. The van der Waals surface area contributed by atoms with Crippen LogP contribution in [0.3, 0.4) is 0 Å². The Morgan fingerprint density at radius 2 is 2.00 bits per heavy atom. The van der Waals surface area contributed by atoms with Crippen LogP contribution < -0.4 is 5.32 Å². The first-order chi connectivity index (χ1) is 9.78. The zero-order valence-corrected chi connectivity index (χ0v) is 11.5. The van der Waals surface area contributed by atoms with Crippen molar-refractivity contribution in [2.75, 3.05) is 7.05 Å². The van der Waals surface area contributed by atoms with Gasteiger partial charge < -0.3 is 5.32 Å². The zero-order chi connectivity index (χ0) is 13.9. The van der Waals surface area contributed by atoms with E-state index in [9.17, 15) is 0 Å². The van der Waals surface area contributed by atoms with Gasteiger partial charge in [-0.05, 0) is 19.2 Å². The topological polar surface area (TPSA) is 68.5 Å². The van der Waals surface area contributed by atoms with Gasteiger partial charge in [-0.15, -0.1) is 0 Å². The summed E-state index contributed by atoms with van der Waals surface area (Å²) in [5.74, 6) is 0.916. The fourth-order valence-electron chi connectivity index (χ4n) is 2.18. The number of hydrogen-bond acceptors (Lipinski definition) is 5. The number of aromatic nitrogens is 5. The highest BCUT2D eigenvalue weighted by atomic mass is 15.3. The molecule has 0 aliphatic carbocycles. The van der Waals surface area contributed by atoms with Crippen molar-refractivity contribution in [1.29, 1.82) is 0 Å². The minimum absolute atomic E-state index is 0.0648. The molecule has 0 radical (unpaired) electrons. The molecule has 3 aromatic rings. The second-order valence-corrected chi connectivity index (χ2v) is 4.63. The summed E-state index contributed by atoms with van der Waals surface area (Å²) in [5.41, 5.74) is 2.72. The molecule has 20 heavy (non-hydrogen) atoms. The molecule has 0 aliphatic heterocycles. The van der Waals surface area contributed by atoms with E-state index in [4.69, 9.17) is 0 Å². The minimum Gasteiger partial charge on any atom is -0.311 e. The van der Waals surface area contributed by atoms with Crippen LogP contribution in [0, 0.1) is 0 Å². The molecule has 0 aliphatic rings. The summed E-state index contributed by atoms with van der Waals surface area (Å²) in [7, 11) is 3.80. The maximum Gasteiger partial charge on any atom is 0.138 e. The van der Waals surface area contributed by atoms with Gasteiger partial charge >= 0.3 is 0 Å². The number of aryl methyl sites for hydroxylation is 1. The SMILES string of the molecule is CNC(Cc1ncnn1C)c1cnc2ccccc2n1. The van der Waals surface area contributed by atoms with E-state index in [1.165, 1.54) is 0 Å². The van der Waals surface area contributed by atoms with Crippen molar-refractivity contribution in [3.8, 4) is 0 Å². The van der Waals surface area contributed by atoms with Crippen molar-refractivity contribution in [3.05, 3.63) is 48.3 Å². The lowest BCUT2D eigenvalue weighted by atomic mass is 10.1. The first-order valence-electron chi connectivity index (χ1n) is 6.50. The van der Waals surface area contributed by atoms with E-state index in [1.54, 1.807) is 11.0 Å². The first-order valence-corrected chi connectivity index (χ1v) is 6.50. The minimum atomic E-state index is 0.0648. The van der Waals surface area contributed by atoms with E-state index in [1.807, 2.05) is 44.6 Å². The third kappa shape index (κ3) is 2.37. The Labute approximate surface area is 116 Å². The third-order valence-electron chi connectivity index (χ3n) is 3.36. The number of likely N-dealkylation sites (N-methyl/N-ethyl adjacent to an activating group) is 1. The smallest absolute Gasteiger partial charge is 0.138 e. The average Bonchev–Trinajstić information content (AvgIpc) is 2.89. The lowest BCUT2D eigenvalue weighted by molar-refractivity contribution is 0.541. The maximum absolute atomic E-state index is 4.67. The van der Waals surface area contributed by atoms with Crippen LogP contribution in [0.4, 0.5) is 0 Å². The van der Waals surface area contributed by atoms with E-state index in [0.717, 1.165) is 29.0 Å². The lowest BCUT2D eigenvalue weighted by Crippen LogP contribution is -2.22. The molecule has 0 spiro atoms. The Balaban J connectivity index is 1.92. The van der Waals surface area contributed by atoms with Crippen molar-refractivity contribution < 1.29 is 0 Å².